The Morgan fingerprint density at radius 2 is 1.42 bits per heavy atom. The number of pyridine rings is 1. The van der Waals surface area contributed by atoms with Gasteiger partial charge in [0.2, 0.25) is 0 Å². The second-order valence-corrected chi connectivity index (χ2v) is 15.0. The number of fused-ring (bicyclic) bond motifs is 7. The van der Waals surface area contributed by atoms with E-state index in [4.69, 9.17) is 4.43 Å². The van der Waals surface area contributed by atoms with Crippen molar-refractivity contribution in [1.82, 2.24) is 4.98 Å². The first-order chi connectivity index (χ1) is 18.4. The third kappa shape index (κ3) is 2.96. The van der Waals surface area contributed by atoms with Crippen LogP contribution in [0.15, 0.2) is 97.2 Å². The molecule has 7 rings (SSSR count). The maximum atomic E-state index is 13.9. The van der Waals surface area contributed by atoms with E-state index in [0.29, 0.717) is 12.4 Å². The number of carbonyl (C=O) groups excluding carboxylic acids is 1. The summed E-state index contributed by atoms with van der Waals surface area (Å²) in [5.74, 6) is 6.96. The molecule has 4 aromatic rings. The fourth-order valence-corrected chi connectivity index (χ4v) is 12.2. The molecule has 4 heterocycles. The molecule has 0 aliphatic carbocycles. The van der Waals surface area contributed by atoms with Crippen LogP contribution in [-0.4, -0.2) is 31.9 Å². The smallest absolute Gasteiger partial charge is 0.272 e. The molecule has 3 aromatic carbocycles. The molecular weight excluding hydrogens is 484 g/mol. The van der Waals surface area contributed by atoms with Gasteiger partial charge in [-0.05, 0) is 45.8 Å². The number of rotatable bonds is 3. The minimum absolute atomic E-state index is 0.0105. The molecule has 1 amide bonds. The highest BCUT2D eigenvalue weighted by Crippen LogP contribution is 2.56. The van der Waals surface area contributed by atoms with Gasteiger partial charge in [0.1, 0.15) is 11.9 Å². The number of benzene rings is 3. The third-order valence-electron chi connectivity index (χ3n) is 8.60. The lowest BCUT2D eigenvalue weighted by molar-refractivity contribution is -0.125. The van der Waals surface area contributed by atoms with Gasteiger partial charge in [0.25, 0.3) is 14.2 Å². The van der Waals surface area contributed by atoms with E-state index in [1.54, 1.807) is 11.1 Å². The van der Waals surface area contributed by atoms with Crippen LogP contribution in [0.4, 0.5) is 5.82 Å². The summed E-state index contributed by atoms with van der Waals surface area (Å²) in [4.78, 5) is 20.4. The summed E-state index contributed by atoms with van der Waals surface area (Å²) in [5.41, 5.74) is 4.11. The summed E-state index contributed by atoms with van der Waals surface area (Å²) in [7, 11) is -2.55. The average Bonchev–Trinajstić information content (AvgIpc) is 3.18. The monoisotopic (exact) mass is 512 g/mol. The van der Waals surface area contributed by atoms with Gasteiger partial charge < -0.3 is 4.43 Å². The first-order valence-electron chi connectivity index (χ1n) is 13.1. The van der Waals surface area contributed by atoms with E-state index in [1.807, 2.05) is 42.5 Å². The SMILES string of the molecule is CC1(C)CN(c2ccc(C#Cc3ccccc3)cn2)C(=O)C1O[Si]12c3ccccc3C1(C)c1ccccc12. The van der Waals surface area contributed by atoms with Gasteiger partial charge in [0.05, 0.1) is 0 Å². The predicted molar refractivity (Wildman–Crippen MR) is 152 cm³/mol. The lowest BCUT2D eigenvalue weighted by Gasteiger charge is -2.65. The van der Waals surface area contributed by atoms with Crippen molar-refractivity contribution in [3.8, 4) is 11.8 Å². The lowest BCUT2D eigenvalue weighted by Crippen LogP contribution is -2.90. The van der Waals surface area contributed by atoms with Crippen LogP contribution >= 0.6 is 0 Å². The average molecular weight is 513 g/mol. The van der Waals surface area contributed by atoms with Crippen LogP contribution in [-0.2, 0) is 14.3 Å². The summed E-state index contributed by atoms with van der Waals surface area (Å²) in [6, 6.07) is 31.0. The summed E-state index contributed by atoms with van der Waals surface area (Å²) < 4.78 is 7.18. The molecule has 1 fully saturated rings. The molecule has 1 atom stereocenters. The minimum atomic E-state index is -2.55. The summed E-state index contributed by atoms with van der Waals surface area (Å²) in [6.07, 6.45) is 1.21. The number of anilines is 1. The maximum absolute atomic E-state index is 13.9. The van der Waals surface area contributed by atoms with Crippen molar-refractivity contribution < 1.29 is 9.22 Å². The molecule has 38 heavy (non-hydrogen) atoms. The number of aromatic nitrogens is 1. The van der Waals surface area contributed by atoms with Crippen LogP contribution in [0.1, 0.15) is 43.0 Å². The molecule has 1 unspecified atom stereocenters. The van der Waals surface area contributed by atoms with Crippen molar-refractivity contribution in [2.45, 2.75) is 31.9 Å². The van der Waals surface area contributed by atoms with E-state index in [-0.39, 0.29) is 16.4 Å². The second-order valence-electron chi connectivity index (χ2n) is 11.3. The minimum Gasteiger partial charge on any atom is -0.394 e. The van der Waals surface area contributed by atoms with E-state index in [9.17, 15) is 4.79 Å². The molecule has 3 aliphatic heterocycles. The van der Waals surface area contributed by atoms with Crippen LogP contribution in [0.2, 0.25) is 0 Å². The molecule has 1 aromatic heterocycles. The van der Waals surface area contributed by atoms with Gasteiger partial charge in [0, 0.05) is 34.3 Å². The molecule has 0 radical (unpaired) electrons. The van der Waals surface area contributed by atoms with Crippen molar-refractivity contribution in [3.63, 3.8) is 0 Å². The highest BCUT2D eigenvalue weighted by molar-refractivity contribution is 7.07. The molecule has 1 saturated heterocycles. The number of hydrogen-bond donors (Lipinski definition) is 0. The quantitative estimate of drug-likeness (QED) is 0.306. The van der Waals surface area contributed by atoms with Crippen molar-refractivity contribution in [2.24, 2.45) is 5.41 Å². The third-order valence-corrected chi connectivity index (χ3v) is 13.5. The Kier molecular flexibility index (Phi) is 4.88. The highest BCUT2D eigenvalue weighted by atomic mass is 28.4. The van der Waals surface area contributed by atoms with Gasteiger partial charge >= 0.3 is 0 Å². The van der Waals surface area contributed by atoms with Crippen molar-refractivity contribution in [1.29, 1.82) is 0 Å². The zero-order chi connectivity index (χ0) is 26.1. The number of hydrogen-bond acceptors (Lipinski definition) is 3. The van der Waals surface area contributed by atoms with Crippen LogP contribution in [0.5, 0.6) is 0 Å². The van der Waals surface area contributed by atoms with Crippen molar-refractivity contribution in [3.05, 3.63) is 119 Å². The summed E-state index contributed by atoms with van der Waals surface area (Å²) in [5, 5.41) is 2.49. The summed E-state index contributed by atoms with van der Waals surface area (Å²) in [6.45, 7) is 7.13. The van der Waals surface area contributed by atoms with Crippen LogP contribution in [0.3, 0.4) is 0 Å². The molecule has 5 heteroatoms. The molecule has 3 aliphatic rings. The largest absolute Gasteiger partial charge is 0.394 e. The predicted octanol–water partition coefficient (Wildman–Crippen LogP) is 4.17. The molecule has 0 saturated carbocycles. The van der Waals surface area contributed by atoms with Crippen molar-refractivity contribution in [2.75, 3.05) is 11.4 Å². The Morgan fingerprint density at radius 1 is 0.816 bits per heavy atom. The van der Waals surface area contributed by atoms with E-state index >= 15 is 0 Å². The lowest BCUT2D eigenvalue weighted by atomic mass is 9.88. The maximum Gasteiger partial charge on any atom is 0.272 e. The first-order valence-corrected chi connectivity index (χ1v) is 15.0. The molecule has 0 spiro atoms. The fourth-order valence-electron chi connectivity index (χ4n) is 6.69. The Balaban J connectivity index is 1.19. The standard InChI is InChI=1S/C33H28N2O2Si/c1-32(2)22-35(29-20-19-24(21-34-29)18-17-23-11-5-4-6-12-23)31(36)30(32)37-38-27-15-9-7-13-25(27)33(38,3)26-14-8-10-16-28(26)38/h4-16,19-21,30H,22H2,1-3H3. The zero-order valence-electron chi connectivity index (χ0n) is 21.7. The number of carbonyl (C=O) groups is 1. The number of nitrogens with zero attached hydrogens (tertiary/aromatic N) is 2. The Hall–Kier alpha value is -3.98. The van der Waals surface area contributed by atoms with Crippen LogP contribution in [0, 0.1) is 17.3 Å². The van der Waals surface area contributed by atoms with E-state index < -0.39 is 14.4 Å². The topological polar surface area (TPSA) is 42.4 Å². The molecule has 4 nitrogen and oxygen atoms in total. The normalized spacial score (nSPS) is 25.7. The van der Waals surface area contributed by atoms with Crippen molar-refractivity contribution >= 4 is 30.4 Å². The Bertz CT molecular complexity index is 1600. The second kappa shape index (κ2) is 8.01. The Morgan fingerprint density at radius 3 is 2.05 bits per heavy atom. The Labute approximate surface area is 224 Å². The van der Waals surface area contributed by atoms with Gasteiger partial charge in [-0.2, -0.15) is 0 Å². The molecule has 0 N–H and O–H groups in total. The van der Waals surface area contributed by atoms with Gasteiger partial charge in [-0.3, -0.25) is 9.69 Å². The molecule has 0 bridgehead atoms. The molecular formula is C33H28N2O2Si. The fraction of sp³-hybridized carbons (Fsp3) is 0.212. The van der Waals surface area contributed by atoms with Gasteiger partial charge in [-0.1, -0.05) is 99.3 Å². The van der Waals surface area contributed by atoms with Gasteiger partial charge in [0.15, 0.2) is 0 Å². The highest BCUT2D eigenvalue weighted by Gasteiger charge is 2.75. The van der Waals surface area contributed by atoms with E-state index in [2.05, 4.69) is 86.1 Å². The number of amides is 1. The van der Waals surface area contributed by atoms with Gasteiger partial charge in [-0.25, -0.2) is 4.98 Å². The van der Waals surface area contributed by atoms with Crippen LogP contribution < -0.4 is 15.3 Å². The van der Waals surface area contributed by atoms with E-state index in [0.717, 1.165) is 11.1 Å². The zero-order valence-corrected chi connectivity index (χ0v) is 22.7. The van der Waals surface area contributed by atoms with Gasteiger partial charge in [-0.15, -0.1) is 0 Å². The van der Waals surface area contributed by atoms with Crippen LogP contribution in [0.25, 0.3) is 0 Å². The first kappa shape index (κ1) is 23.2. The summed E-state index contributed by atoms with van der Waals surface area (Å²) >= 11 is 0. The van der Waals surface area contributed by atoms with E-state index in [1.165, 1.54) is 21.5 Å². The molecule has 186 valence electrons.